The van der Waals surface area contributed by atoms with Gasteiger partial charge in [0.15, 0.2) is 11.6 Å². The van der Waals surface area contributed by atoms with Crippen molar-refractivity contribution in [2.45, 2.75) is 25.4 Å². The molecule has 0 atom stereocenters. The lowest BCUT2D eigenvalue weighted by atomic mass is 10.0. The van der Waals surface area contributed by atoms with Gasteiger partial charge in [0.1, 0.15) is 0 Å². The van der Waals surface area contributed by atoms with Gasteiger partial charge in [0.25, 0.3) is 0 Å². The normalized spacial score (nSPS) is 16.3. The quantitative estimate of drug-likeness (QED) is 0.837. The lowest BCUT2D eigenvalue weighted by Gasteiger charge is -2.35. The molecule has 0 amide bonds. The Balaban J connectivity index is 1.55. The van der Waals surface area contributed by atoms with Crippen molar-refractivity contribution in [3.63, 3.8) is 0 Å². The van der Waals surface area contributed by atoms with E-state index in [0.717, 1.165) is 38.1 Å². The van der Waals surface area contributed by atoms with Crippen LogP contribution in [0.4, 0.5) is 8.78 Å². The Hall–Kier alpha value is -2.39. The molecule has 1 aromatic carbocycles. The second kappa shape index (κ2) is 7.88. The third-order valence-corrected chi connectivity index (χ3v) is 4.57. The second-order valence-electron chi connectivity index (χ2n) is 6.46. The van der Waals surface area contributed by atoms with E-state index < -0.39 is 17.6 Å². The molecule has 1 aromatic heterocycles. The zero-order valence-electron chi connectivity index (χ0n) is 14.4. The fourth-order valence-corrected chi connectivity index (χ4v) is 3.12. The molecule has 1 saturated heterocycles. The van der Waals surface area contributed by atoms with Gasteiger partial charge in [-0.25, -0.2) is 8.78 Å². The summed E-state index contributed by atoms with van der Waals surface area (Å²) < 4.78 is 31.5. The van der Waals surface area contributed by atoms with Crippen LogP contribution in [-0.2, 0) is 11.3 Å². The van der Waals surface area contributed by atoms with E-state index in [9.17, 15) is 13.6 Å². The molecule has 140 valence electrons. The van der Waals surface area contributed by atoms with E-state index in [0.29, 0.717) is 18.0 Å². The zero-order valence-corrected chi connectivity index (χ0v) is 14.4. The van der Waals surface area contributed by atoms with Crippen molar-refractivity contribution in [2.75, 3.05) is 26.7 Å². The van der Waals surface area contributed by atoms with Gasteiger partial charge in [0, 0.05) is 24.7 Å². The number of aromatic nitrogens is 2. The largest absolute Gasteiger partial charge is 0.480 e. The molecule has 0 unspecified atom stereocenters. The van der Waals surface area contributed by atoms with Gasteiger partial charge in [-0.1, -0.05) is 5.16 Å². The summed E-state index contributed by atoms with van der Waals surface area (Å²) in [6.45, 7) is 2.08. The molecule has 0 saturated carbocycles. The van der Waals surface area contributed by atoms with Crippen molar-refractivity contribution in [3.05, 3.63) is 35.7 Å². The van der Waals surface area contributed by atoms with E-state index in [1.165, 1.54) is 6.07 Å². The molecule has 7 nitrogen and oxygen atoms in total. The first-order valence-electron chi connectivity index (χ1n) is 8.35. The van der Waals surface area contributed by atoms with Crippen LogP contribution >= 0.6 is 0 Å². The maximum absolute atomic E-state index is 13.3. The number of halogens is 2. The van der Waals surface area contributed by atoms with Crippen molar-refractivity contribution in [1.29, 1.82) is 0 Å². The van der Waals surface area contributed by atoms with Crippen LogP contribution in [0.15, 0.2) is 22.7 Å². The Morgan fingerprint density at radius 2 is 2.08 bits per heavy atom. The molecule has 0 aliphatic carbocycles. The predicted octanol–water partition coefficient (Wildman–Crippen LogP) is 2.00. The lowest BCUT2D eigenvalue weighted by Crippen LogP contribution is -2.44. The first-order chi connectivity index (χ1) is 12.4. The Morgan fingerprint density at radius 1 is 1.35 bits per heavy atom. The van der Waals surface area contributed by atoms with Gasteiger partial charge >= 0.3 is 5.97 Å². The number of likely N-dealkylation sites (N-methyl/N-ethyl adjacent to an activating group) is 1. The summed E-state index contributed by atoms with van der Waals surface area (Å²) in [4.78, 5) is 19.0. The molecule has 0 radical (unpaired) electrons. The lowest BCUT2D eigenvalue weighted by molar-refractivity contribution is -0.138. The van der Waals surface area contributed by atoms with Gasteiger partial charge in [0.2, 0.25) is 11.7 Å². The molecule has 3 rings (SSSR count). The van der Waals surface area contributed by atoms with Crippen LogP contribution in [-0.4, -0.2) is 63.7 Å². The summed E-state index contributed by atoms with van der Waals surface area (Å²) >= 11 is 0. The van der Waals surface area contributed by atoms with Crippen molar-refractivity contribution in [3.8, 4) is 11.4 Å². The third-order valence-electron chi connectivity index (χ3n) is 4.57. The van der Waals surface area contributed by atoms with Gasteiger partial charge in [-0.2, -0.15) is 4.98 Å². The molecule has 2 heterocycles. The zero-order chi connectivity index (χ0) is 18.7. The Morgan fingerprint density at radius 3 is 2.73 bits per heavy atom. The molecule has 26 heavy (non-hydrogen) atoms. The van der Waals surface area contributed by atoms with E-state index in [2.05, 4.69) is 15.0 Å². The van der Waals surface area contributed by atoms with Crippen LogP contribution < -0.4 is 0 Å². The van der Waals surface area contributed by atoms with Crippen molar-refractivity contribution >= 4 is 5.97 Å². The number of hydrogen-bond acceptors (Lipinski definition) is 6. The Labute approximate surface area is 149 Å². The minimum atomic E-state index is -0.957. The first kappa shape index (κ1) is 18.4. The van der Waals surface area contributed by atoms with Crippen LogP contribution in [0, 0.1) is 11.6 Å². The van der Waals surface area contributed by atoms with Gasteiger partial charge in [-0.3, -0.25) is 14.6 Å². The van der Waals surface area contributed by atoms with Crippen molar-refractivity contribution in [1.82, 2.24) is 19.9 Å². The van der Waals surface area contributed by atoms with Crippen LogP contribution in [0.1, 0.15) is 18.7 Å². The minimum absolute atomic E-state index is 0.0336. The number of carboxylic acids is 1. The summed E-state index contributed by atoms with van der Waals surface area (Å²) in [6.07, 6.45) is 1.71. The summed E-state index contributed by atoms with van der Waals surface area (Å²) in [5.41, 5.74) is 0.355. The molecular weight excluding hydrogens is 346 g/mol. The number of likely N-dealkylation sites (tertiary alicyclic amines) is 1. The average molecular weight is 366 g/mol. The van der Waals surface area contributed by atoms with Crippen molar-refractivity contribution in [2.24, 2.45) is 0 Å². The third kappa shape index (κ3) is 4.41. The number of hydrogen-bond donors (Lipinski definition) is 1. The summed E-state index contributed by atoms with van der Waals surface area (Å²) in [5.74, 6) is -2.09. The number of aliphatic carboxylic acids is 1. The molecule has 2 aromatic rings. The summed E-state index contributed by atoms with van der Waals surface area (Å²) in [5, 5.41) is 12.7. The van der Waals surface area contributed by atoms with Crippen LogP contribution in [0.25, 0.3) is 11.4 Å². The SMILES string of the molecule is CN(CC(=O)O)C1CCN(Cc2nc(-c3ccc(F)c(F)c3)no2)CC1. The molecule has 1 aliphatic rings. The van der Waals surface area contributed by atoms with Gasteiger partial charge < -0.3 is 9.63 Å². The highest BCUT2D eigenvalue weighted by molar-refractivity contribution is 5.69. The van der Waals surface area contributed by atoms with E-state index in [1.54, 1.807) is 0 Å². The fraction of sp³-hybridized carbons (Fsp3) is 0.471. The monoisotopic (exact) mass is 366 g/mol. The van der Waals surface area contributed by atoms with Crippen LogP contribution in [0.5, 0.6) is 0 Å². The highest BCUT2D eigenvalue weighted by Crippen LogP contribution is 2.21. The summed E-state index contributed by atoms with van der Waals surface area (Å²) in [7, 11) is 1.82. The number of nitrogens with zero attached hydrogens (tertiary/aromatic N) is 4. The Kier molecular flexibility index (Phi) is 5.58. The van der Waals surface area contributed by atoms with Crippen LogP contribution in [0.2, 0.25) is 0 Å². The van der Waals surface area contributed by atoms with Crippen LogP contribution in [0.3, 0.4) is 0 Å². The minimum Gasteiger partial charge on any atom is -0.480 e. The highest BCUT2D eigenvalue weighted by atomic mass is 19.2. The van der Waals surface area contributed by atoms with E-state index in [-0.39, 0.29) is 18.4 Å². The standard InChI is InChI=1S/C17H20F2N4O3/c1-22(10-16(24)25)12-4-6-23(7-5-12)9-15-20-17(21-26-15)11-2-3-13(18)14(19)8-11/h2-3,8,12H,4-7,9-10H2,1H3,(H,24,25). The number of benzene rings is 1. The van der Waals surface area contributed by atoms with E-state index in [4.69, 9.17) is 9.63 Å². The first-order valence-corrected chi connectivity index (χ1v) is 8.35. The van der Waals surface area contributed by atoms with Crippen molar-refractivity contribution < 1.29 is 23.2 Å². The second-order valence-corrected chi connectivity index (χ2v) is 6.46. The predicted molar refractivity (Wildman–Crippen MR) is 88.2 cm³/mol. The topological polar surface area (TPSA) is 82.7 Å². The molecule has 1 N–H and O–H groups in total. The highest BCUT2D eigenvalue weighted by Gasteiger charge is 2.24. The maximum atomic E-state index is 13.3. The number of carboxylic acid groups (broad SMARTS) is 1. The van der Waals surface area contributed by atoms with Gasteiger partial charge in [-0.15, -0.1) is 0 Å². The molecule has 1 fully saturated rings. The number of piperidine rings is 1. The average Bonchev–Trinajstić information content (AvgIpc) is 3.06. The molecule has 9 heteroatoms. The van der Waals surface area contributed by atoms with Gasteiger partial charge in [0.05, 0.1) is 13.1 Å². The fourth-order valence-electron chi connectivity index (χ4n) is 3.12. The van der Waals surface area contributed by atoms with Gasteiger partial charge in [-0.05, 0) is 38.1 Å². The van der Waals surface area contributed by atoms with E-state index in [1.807, 2.05) is 11.9 Å². The molecule has 0 bridgehead atoms. The molecule has 1 aliphatic heterocycles. The number of carbonyl (C=O) groups is 1. The molecule has 0 spiro atoms. The van der Waals surface area contributed by atoms with E-state index >= 15 is 0 Å². The molecular formula is C17H20F2N4O3. The summed E-state index contributed by atoms with van der Waals surface area (Å²) in [6, 6.07) is 3.70. The number of rotatable bonds is 6. The maximum Gasteiger partial charge on any atom is 0.317 e. The smallest absolute Gasteiger partial charge is 0.317 e. The Bertz CT molecular complexity index is 775.